The van der Waals surface area contributed by atoms with Crippen LogP contribution in [-0.4, -0.2) is 16.8 Å². The summed E-state index contributed by atoms with van der Waals surface area (Å²) in [6.07, 6.45) is 4.79. The first-order valence-electron chi connectivity index (χ1n) is 8.35. The van der Waals surface area contributed by atoms with Crippen molar-refractivity contribution >= 4 is 0 Å². The van der Waals surface area contributed by atoms with Crippen LogP contribution in [0.5, 0.6) is 5.75 Å². The Labute approximate surface area is 138 Å². The molecule has 2 aromatic rings. The van der Waals surface area contributed by atoms with Gasteiger partial charge in [-0.05, 0) is 46.9 Å². The van der Waals surface area contributed by atoms with Crippen molar-refractivity contribution in [3.05, 3.63) is 53.6 Å². The zero-order chi connectivity index (χ0) is 16.5. The zero-order valence-corrected chi connectivity index (χ0v) is 13.8. The highest BCUT2D eigenvalue weighted by Crippen LogP contribution is 2.27. The second-order valence-electron chi connectivity index (χ2n) is 5.74. The van der Waals surface area contributed by atoms with E-state index in [1.165, 1.54) is 19.3 Å². The van der Waals surface area contributed by atoms with Crippen LogP contribution in [0.4, 0.5) is 0 Å². The molecule has 0 bridgehead atoms. The van der Waals surface area contributed by atoms with Gasteiger partial charge in [-0.3, -0.25) is 0 Å². The van der Waals surface area contributed by atoms with Gasteiger partial charge in [-0.25, -0.2) is 0 Å². The van der Waals surface area contributed by atoms with E-state index >= 15 is 0 Å². The molecule has 0 atom stereocenters. The molecular formula is C20H26O3. The largest absolute Gasteiger partial charge is 0.494 e. The lowest BCUT2D eigenvalue weighted by Crippen LogP contribution is -1.97. The minimum Gasteiger partial charge on any atom is -0.494 e. The Hall–Kier alpha value is -1.84. The fraction of sp³-hybridized carbons (Fsp3) is 0.400. The van der Waals surface area contributed by atoms with E-state index in [4.69, 9.17) is 4.74 Å². The molecule has 0 aliphatic rings. The van der Waals surface area contributed by atoms with Crippen molar-refractivity contribution < 1.29 is 14.9 Å². The van der Waals surface area contributed by atoms with Gasteiger partial charge >= 0.3 is 0 Å². The summed E-state index contributed by atoms with van der Waals surface area (Å²) in [4.78, 5) is 0. The van der Waals surface area contributed by atoms with E-state index in [-0.39, 0.29) is 13.2 Å². The molecule has 0 fully saturated rings. The molecule has 2 rings (SSSR count). The molecular weight excluding hydrogens is 288 g/mol. The van der Waals surface area contributed by atoms with Crippen molar-refractivity contribution in [3.8, 4) is 16.9 Å². The highest BCUT2D eigenvalue weighted by Gasteiger charge is 2.06. The molecule has 0 amide bonds. The normalized spacial score (nSPS) is 10.7. The van der Waals surface area contributed by atoms with Crippen molar-refractivity contribution in [1.29, 1.82) is 0 Å². The van der Waals surface area contributed by atoms with Gasteiger partial charge in [0.05, 0.1) is 19.8 Å². The first-order valence-corrected chi connectivity index (χ1v) is 8.35. The standard InChI is InChI=1S/C20H26O3/c1-2-3-4-5-12-23-19-10-8-17(9-11-19)20-13-16(14-21)6-7-18(20)15-22/h6-11,13,21-22H,2-5,12,14-15H2,1H3. The van der Waals surface area contributed by atoms with Crippen LogP contribution < -0.4 is 4.74 Å². The Morgan fingerprint density at radius 1 is 0.870 bits per heavy atom. The van der Waals surface area contributed by atoms with E-state index in [2.05, 4.69) is 6.92 Å². The van der Waals surface area contributed by atoms with E-state index in [1.807, 2.05) is 42.5 Å². The first-order chi connectivity index (χ1) is 11.3. The minimum atomic E-state index is -0.0171. The summed E-state index contributed by atoms with van der Waals surface area (Å²) in [6.45, 7) is 2.93. The summed E-state index contributed by atoms with van der Waals surface area (Å²) in [5, 5.41) is 18.8. The summed E-state index contributed by atoms with van der Waals surface area (Å²) in [5.74, 6) is 0.870. The summed E-state index contributed by atoms with van der Waals surface area (Å²) in [6, 6.07) is 13.5. The summed E-state index contributed by atoms with van der Waals surface area (Å²) < 4.78 is 5.76. The van der Waals surface area contributed by atoms with Gasteiger partial charge in [0.1, 0.15) is 5.75 Å². The number of aliphatic hydroxyl groups is 2. The number of hydrogen-bond donors (Lipinski definition) is 2. The average Bonchev–Trinajstić information content (AvgIpc) is 2.61. The molecule has 2 N–H and O–H groups in total. The lowest BCUT2D eigenvalue weighted by atomic mass is 9.97. The maximum absolute atomic E-state index is 9.50. The lowest BCUT2D eigenvalue weighted by molar-refractivity contribution is 0.278. The van der Waals surface area contributed by atoms with Crippen molar-refractivity contribution in [2.45, 2.75) is 45.8 Å². The number of ether oxygens (including phenoxy) is 1. The van der Waals surface area contributed by atoms with E-state index in [9.17, 15) is 10.2 Å². The van der Waals surface area contributed by atoms with Crippen LogP contribution >= 0.6 is 0 Å². The fourth-order valence-electron chi connectivity index (χ4n) is 2.58. The Kier molecular flexibility index (Phi) is 7.11. The first kappa shape index (κ1) is 17.5. The maximum atomic E-state index is 9.50. The molecule has 124 valence electrons. The maximum Gasteiger partial charge on any atom is 0.119 e. The van der Waals surface area contributed by atoms with Crippen LogP contribution in [-0.2, 0) is 13.2 Å². The number of rotatable bonds is 9. The molecule has 0 heterocycles. The fourth-order valence-corrected chi connectivity index (χ4v) is 2.58. The second kappa shape index (κ2) is 9.33. The summed E-state index contributed by atoms with van der Waals surface area (Å²) in [7, 11) is 0. The third kappa shape index (κ3) is 5.08. The summed E-state index contributed by atoms with van der Waals surface area (Å²) >= 11 is 0. The third-order valence-corrected chi connectivity index (χ3v) is 3.96. The molecule has 0 saturated heterocycles. The molecule has 0 aromatic heterocycles. The molecule has 2 aromatic carbocycles. The molecule has 0 spiro atoms. The van der Waals surface area contributed by atoms with E-state index in [1.54, 1.807) is 0 Å². The third-order valence-electron chi connectivity index (χ3n) is 3.96. The van der Waals surface area contributed by atoms with E-state index < -0.39 is 0 Å². The Balaban J connectivity index is 2.04. The number of hydrogen-bond acceptors (Lipinski definition) is 3. The number of unbranched alkanes of at least 4 members (excludes halogenated alkanes) is 3. The van der Waals surface area contributed by atoms with Crippen molar-refractivity contribution in [3.63, 3.8) is 0 Å². The van der Waals surface area contributed by atoms with Gasteiger partial charge < -0.3 is 14.9 Å². The van der Waals surface area contributed by atoms with Gasteiger partial charge in [-0.15, -0.1) is 0 Å². The van der Waals surface area contributed by atoms with Crippen molar-refractivity contribution in [2.24, 2.45) is 0 Å². The van der Waals surface area contributed by atoms with Crippen LogP contribution in [0.3, 0.4) is 0 Å². The highest BCUT2D eigenvalue weighted by atomic mass is 16.5. The van der Waals surface area contributed by atoms with Gasteiger partial charge in [-0.1, -0.05) is 50.5 Å². The molecule has 0 aliphatic heterocycles. The van der Waals surface area contributed by atoms with Crippen molar-refractivity contribution in [1.82, 2.24) is 0 Å². The molecule has 0 aliphatic carbocycles. The SMILES string of the molecule is CCCCCCOc1ccc(-c2cc(CO)ccc2CO)cc1. The van der Waals surface area contributed by atoms with E-state index in [0.29, 0.717) is 0 Å². The monoisotopic (exact) mass is 314 g/mol. The van der Waals surface area contributed by atoms with Crippen LogP contribution in [0.2, 0.25) is 0 Å². The number of benzene rings is 2. The van der Waals surface area contributed by atoms with Gasteiger partial charge in [-0.2, -0.15) is 0 Å². The molecule has 0 radical (unpaired) electrons. The van der Waals surface area contributed by atoms with Gasteiger partial charge in [0.15, 0.2) is 0 Å². The van der Waals surface area contributed by atoms with Crippen LogP contribution in [0, 0.1) is 0 Å². The van der Waals surface area contributed by atoms with Crippen LogP contribution in [0.15, 0.2) is 42.5 Å². The highest BCUT2D eigenvalue weighted by molar-refractivity contribution is 5.68. The second-order valence-corrected chi connectivity index (χ2v) is 5.74. The van der Waals surface area contributed by atoms with Crippen LogP contribution in [0.1, 0.15) is 43.7 Å². The Morgan fingerprint density at radius 2 is 1.65 bits per heavy atom. The smallest absolute Gasteiger partial charge is 0.119 e. The quantitative estimate of drug-likeness (QED) is 0.679. The topological polar surface area (TPSA) is 49.7 Å². The zero-order valence-electron chi connectivity index (χ0n) is 13.8. The Morgan fingerprint density at radius 3 is 2.30 bits per heavy atom. The molecule has 0 saturated carbocycles. The molecule has 3 nitrogen and oxygen atoms in total. The molecule has 3 heteroatoms. The summed E-state index contributed by atoms with van der Waals surface area (Å²) in [5.41, 5.74) is 3.67. The predicted octanol–water partition coefficient (Wildman–Crippen LogP) is 4.30. The van der Waals surface area contributed by atoms with Gasteiger partial charge in [0.25, 0.3) is 0 Å². The van der Waals surface area contributed by atoms with Crippen LogP contribution in [0.25, 0.3) is 11.1 Å². The number of aliphatic hydroxyl groups excluding tert-OH is 2. The average molecular weight is 314 g/mol. The minimum absolute atomic E-state index is 0.00232. The molecule has 0 unspecified atom stereocenters. The van der Waals surface area contributed by atoms with Gasteiger partial charge in [0, 0.05) is 0 Å². The Bertz CT molecular complexity index is 590. The lowest BCUT2D eigenvalue weighted by Gasteiger charge is -2.11. The van der Waals surface area contributed by atoms with Gasteiger partial charge in [0.2, 0.25) is 0 Å². The van der Waals surface area contributed by atoms with E-state index in [0.717, 1.165) is 41.0 Å². The predicted molar refractivity (Wildman–Crippen MR) is 93.4 cm³/mol. The van der Waals surface area contributed by atoms with Crippen molar-refractivity contribution in [2.75, 3.05) is 6.61 Å². The molecule has 23 heavy (non-hydrogen) atoms.